The van der Waals surface area contributed by atoms with Crippen LogP contribution in [0.5, 0.6) is 0 Å². The van der Waals surface area contributed by atoms with Crippen LogP contribution in [-0.4, -0.2) is 39.4 Å². The van der Waals surface area contributed by atoms with Crippen molar-refractivity contribution >= 4 is 14.5 Å². The molecule has 6 heteroatoms. The first-order chi connectivity index (χ1) is 8.71. The van der Waals surface area contributed by atoms with Crippen LogP contribution in [0.1, 0.15) is 20.8 Å². The van der Waals surface area contributed by atoms with Crippen molar-refractivity contribution in [3.05, 3.63) is 12.3 Å². The van der Waals surface area contributed by atoms with Gasteiger partial charge in [-0.25, -0.2) is 4.79 Å². The number of carbonyl (C=O) groups is 1. The van der Waals surface area contributed by atoms with Crippen LogP contribution in [0.4, 0.5) is 4.79 Å². The van der Waals surface area contributed by atoms with E-state index in [-0.39, 0.29) is 17.2 Å². The predicted molar refractivity (Wildman–Crippen MR) is 72.3 cm³/mol. The lowest BCUT2D eigenvalue weighted by Gasteiger charge is -2.38. The van der Waals surface area contributed by atoms with Gasteiger partial charge in [-0.3, -0.25) is 0 Å². The first-order valence-corrected chi connectivity index (χ1v) is 9.45. The standard InChI is InChI=1S/C13H22O5Si/c1-13(2,3)19(4,5)16-8-10-11-9(6-7-15-10)17-12(14)18-11/h6-7,9-11H,8H2,1-5H3/t9-,10-,11+/m1/s1. The van der Waals surface area contributed by atoms with Crippen LogP contribution in [0.15, 0.2) is 12.3 Å². The van der Waals surface area contributed by atoms with E-state index in [1.54, 1.807) is 12.3 Å². The first-order valence-electron chi connectivity index (χ1n) is 6.54. The molecule has 1 fully saturated rings. The molecule has 2 heterocycles. The molecule has 1 saturated heterocycles. The highest BCUT2D eigenvalue weighted by atomic mass is 28.4. The SMILES string of the molecule is CC(C)(C)[Si](C)(C)OC[C@H]1OC=C[C@H]2OC(=O)O[C@@H]21. The molecular weight excluding hydrogens is 264 g/mol. The minimum atomic E-state index is -1.84. The lowest BCUT2D eigenvalue weighted by molar-refractivity contribution is -0.0281. The van der Waals surface area contributed by atoms with Crippen LogP contribution in [0, 0.1) is 0 Å². The van der Waals surface area contributed by atoms with Gasteiger partial charge in [0.05, 0.1) is 12.9 Å². The summed E-state index contributed by atoms with van der Waals surface area (Å²) in [6, 6.07) is 0. The minimum absolute atomic E-state index is 0.139. The summed E-state index contributed by atoms with van der Waals surface area (Å²) in [7, 11) is -1.84. The molecule has 108 valence electrons. The van der Waals surface area contributed by atoms with E-state index in [2.05, 4.69) is 33.9 Å². The highest BCUT2D eigenvalue weighted by Crippen LogP contribution is 2.37. The summed E-state index contributed by atoms with van der Waals surface area (Å²) < 4.78 is 21.8. The largest absolute Gasteiger partial charge is 0.509 e. The molecule has 0 amide bonds. The summed E-state index contributed by atoms with van der Waals surface area (Å²) in [6.45, 7) is 11.3. The molecule has 5 nitrogen and oxygen atoms in total. The average molecular weight is 286 g/mol. The zero-order chi connectivity index (χ0) is 14.3. The average Bonchev–Trinajstić information content (AvgIpc) is 2.65. The molecule has 0 aromatic rings. The van der Waals surface area contributed by atoms with E-state index in [0.29, 0.717) is 6.61 Å². The van der Waals surface area contributed by atoms with Gasteiger partial charge < -0.3 is 18.6 Å². The fourth-order valence-corrected chi connectivity index (χ4v) is 2.78. The monoisotopic (exact) mass is 286 g/mol. The molecule has 2 rings (SSSR count). The summed E-state index contributed by atoms with van der Waals surface area (Å²) in [4.78, 5) is 11.1. The quantitative estimate of drug-likeness (QED) is 0.590. The zero-order valence-electron chi connectivity index (χ0n) is 12.1. The Morgan fingerprint density at radius 2 is 2.00 bits per heavy atom. The van der Waals surface area contributed by atoms with Gasteiger partial charge in [-0.05, 0) is 24.2 Å². The van der Waals surface area contributed by atoms with E-state index in [9.17, 15) is 4.79 Å². The number of rotatable bonds is 3. The number of hydrogen-bond acceptors (Lipinski definition) is 5. The van der Waals surface area contributed by atoms with Crippen molar-refractivity contribution in [2.45, 2.75) is 57.2 Å². The molecule has 2 aliphatic heterocycles. The lowest BCUT2D eigenvalue weighted by atomic mass is 10.1. The molecule has 0 aromatic heterocycles. The van der Waals surface area contributed by atoms with Crippen molar-refractivity contribution in [3.63, 3.8) is 0 Å². The van der Waals surface area contributed by atoms with Crippen molar-refractivity contribution in [2.75, 3.05) is 6.61 Å². The second-order valence-electron chi connectivity index (χ2n) is 6.49. The molecule has 0 saturated carbocycles. The summed E-state index contributed by atoms with van der Waals surface area (Å²) in [5, 5.41) is 0.139. The molecule has 0 aliphatic carbocycles. The maximum Gasteiger partial charge on any atom is 0.509 e. The Bertz CT molecular complexity index is 385. The summed E-state index contributed by atoms with van der Waals surface area (Å²) in [5.74, 6) is 0. The van der Waals surface area contributed by atoms with E-state index in [0.717, 1.165) is 0 Å². The Morgan fingerprint density at radius 3 is 2.63 bits per heavy atom. The van der Waals surface area contributed by atoms with Crippen molar-refractivity contribution in [2.24, 2.45) is 0 Å². The summed E-state index contributed by atoms with van der Waals surface area (Å²) in [5.41, 5.74) is 0. The van der Waals surface area contributed by atoms with Crippen LogP contribution in [0.2, 0.25) is 18.1 Å². The Hall–Kier alpha value is -1.01. The molecule has 0 N–H and O–H groups in total. The van der Waals surface area contributed by atoms with Crippen LogP contribution in [0.25, 0.3) is 0 Å². The highest BCUT2D eigenvalue weighted by Gasteiger charge is 2.45. The topological polar surface area (TPSA) is 54.0 Å². The van der Waals surface area contributed by atoms with Crippen molar-refractivity contribution in [1.82, 2.24) is 0 Å². The predicted octanol–water partition coefficient (Wildman–Crippen LogP) is 2.82. The van der Waals surface area contributed by atoms with E-state index < -0.39 is 20.6 Å². The number of fused-ring (bicyclic) bond motifs is 1. The van der Waals surface area contributed by atoms with E-state index in [4.69, 9.17) is 18.6 Å². The molecule has 0 aromatic carbocycles. The van der Waals surface area contributed by atoms with Gasteiger partial charge in [-0.2, -0.15) is 0 Å². The third-order valence-corrected chi connectivity index (χ3v) is 8.59. The lowest BCUT2D eigenvalue weighted by Crippen LogP contribution is -2.47. The molecule has 3 atom stereocenters. The van der Waals surface area contributed by atoms with Crippen LogP contribution >= 0.6 is 0 Å². The molecule has 19 heavy (non-hydrogen) atoms. The Labute approximate surface area is 115 Å². The van der Waals surface area contributed by atoms with Gasteiger partial charge in [0.25, 0.3) is 0 Å². The maximum atomic E-state index is 11.1. The zero-order valence-corrected chi connectivity index (χ0v) is 13.1. The molecule has 0 spiro atoms. The van der Waals surface area contributed by atoms with Crippen LogP contribution < -0.4 is 0 Å². The Kier molecular flexibility index (Phi) is 3.66. The molecule has 0 radical (unpaired) electrons. The van der Waals surface area contributed by atoms with Gasteiger partial charge in [0.15, 0.2) is 26.6 Å². The Balaban J connectivity index is 1.97. The van der Waals surface area contributed by atoms with Gasteiger partial charge in [0.2, 0.25) is 0 Å². The van der Waals surface area contributed by atoms with Crippen LogP contribution in [0.3, 0.4) is 0 Å². The second-order valence-corrected chi connectivity index (χ2v) is 11.3. The fraction of sp³-hybridized carbons (Fsp3) is 0.769. The second kappa shape index (κ2) is 4.83. The fourth-order valence-electron chi connectivity index (χ4n) is 1.76. The third kappa shape index (κ3) is 2.95. The van der Waals surface area contributed by atoms with E-state index in [1.165, 1.54) is 0 Å². The van der Waals surface area contributed by atoms with Gasteiger partial charge in [0.1, 0.15) is 0 Å². The summed E-state index contributed by atoms with van der Waals surface area (Å²) in [6.07, 6.45) is 1.57. The van der Waals surface area contributed by atoms with E-state index >= 15 is 0 Å². The van der Waals surface area contributed by atoms with Gasteiger partial charge in [-0.15, -0.1) is 0 Å². The third-order valence-electron chi connectivity index (χ3n) is 4.09. The number of carbonyl (C=O) groups excluding carboxylic acids is 1. The van der Waals surface area contributed by atoms with Gasteiger partial charge in [-0.1, -0.05) is 20.8 Å². The Morgan fingerprint density at radius 1 is 1.32 bits per heavy atom. The molecule has 2 aliphatic rings. The van der Waals surface area contributed by atoms with Gasteiger partial charge in [0, 0.05) is 0 Å². The number of hydrogen-bond donors (Lipinski definition) is 0. The van der Waals surface area contributed by atoms with Crippen molar-refractivity contribution in [1.29, 1.82) is 0 Å². The first kappa shape index (κ1) is 14.4. The number of ether oxygens (including phenoxy) is 3. The molecule has 0 bridgehead atoms. The van der Waals surface area contributed by atoms with Crippen molar-refractivity contribution in [3.8, 4) is 0 Å². The van der Waals surface area contributed by atoms with Gasteiger partial charge >= 0.3 is 6.16 Å². The smallest absolute Gasteiger partial charge is 0.492 e. The maximum absolute atomic E-state index is 11.1. The van der Waals surface area contributed by atoms with E-state index in [1.807, 2.05) is 0 Å². The minimum Gasteiger partial charge on any atom is -0.492 e. The molecular formula is C13H22O5Si. The highest BCUT2D eigenvalue weighted by molar-refractivity contribution is 6.74. The summed E-state index contributed by atoms with van der Waals surface area (Å²) >= 11 is 0. The molecule has 0 unspecified atom stereocenters. The normalized spacial score (nSPS) is 30.4. The van der Waals surface area contributed by atoms with Crippen molar-refractivity contribution < 1.29 is 23.4 Å². The van der Waals surface area contributed by atoms with Crippen LogP contribution in [-0.2, 0) is 18.6 Å².